The molecule has 0 aromatic heterocycles. The van der Waals surface area contributed by atoms with Crippen LogP contribution in [0.4, 0.5) is 13.2 Å². The fraction of sp³-hybridized carbons (Fsp3) is 0.467. The number of benzene rings is 1. The Morgan fingerprint density at radius 1 is 1.30 bits per heavy atom. The van der Waals surface area contributed by atoms with Crippen LogP contribution in [0.2, 0.25) is 0 Å². The fourth-order valence-electron chi connectivity index (χ4n) is 2.05. The molecule has 0 fully saturated rings. The van der Waals surface area contributed by atoms with Crippen molar-refractivity contribution in [2.45, 2.75) is 18.8 Å². The normalized spacial score (nSPS) is 13.4. The highest BCUT2D eigenvalue weighted by atomic mass is 19.4. The first-order chi connectivity index (χ1) is 12.6. The molecular weight excluding hydrogens is 377 g/mol. The van der Waals surface area contributed by atoms with Crippen LogP contribution in [0.3, 0.4) is 0 Å². The molecule has 0 radical (unpaired) electrons. The Bertz CT molecular complexity index is 696. The Labute approximate surface area is 151 Å². The fourth-order valence-corrected chi connectivity index (χ4v) is 2.05. The van der Waals surface area contributed by atoms with Crippen LogP contribution in [-0.2, 0) is 24.7 Å². The standard InChI is InChI=1S/C15H17F3N2O7/c1-3-26-12(21)8-27-11-6-4-5-10(7-11)14(9-25-2,20(23)24)19-13(22)15(16,17)18/h4-7H,3,8-9H2,1-2H3,(H,19,22). The van der Waals surface area contributed by atoms with Crippen LogP contribution in [0.5, 0.6) is 5.75 Å². The molecule has 1 aromatic rings. The topological polar surface area (TPSA) is 117 Å². The Kier molecular flexibility index (Phi) is 7.52. The quantitative estimate of drug-likeness (QED) is 0.291. The summed E-state index contributed by atoms with van der Waals surface area (Å²) in [5.41, 5.74) is -3.06. The second kappa shape index (κ2) is 9.16. The number of alkyl halides is 3. The predicted octanol–water partition coefficient (Wildman–Crippen LogP) is 1.38. The van der Waals surface area contributed by atoms with Gasteiger partial charge in [-0.05, 0) is 25.1 Å². The highest BCUT2D eigenvalue weighted by Crippen LogP contribution is 2.28. The van der Waals surface area contributed by atoms with Crippen molar-refractivity contribution >= 4 is 11.9 Å². The van der Waals surface area contributed by atoms with Crippen molar-refractivity contribution in [3.05, 3.63) is 39.9 Å². The molecular formula is C15H17F3N2O7. The molecule has 1 atom stereocenters. The minimum Gasteiger partial charge on any atom is -0.482 e. The number of nitrogens with one attached hydrogen (secondary N) is 1. The van der Waals surface area contributed by atoms with Gasteiger partial charge in [-0.25, -0.2) is 4.79 Å². The van der Waals surface area contributed by atoms with Gasteiger partial charge >= 0.3 is 23.7 Å². The molecule has 27 heavy (non-hydrogen) atoms. The number of rotatable bonds is 9. The Morgan fingerprint density at radius 2 is 1.96 bits per heavy atom. The first kappa shape index (κ1) is 22.2. The number of hydrogen-bond donors (Lipinski definition) is 1. The highest BCUT2D eigenvalue weighted by Gasteiger charge is 2.52. The molecule has 0 aliphatic carbocycles. The number of hydrogen-bond acceptors (Lipinski definition) is 7. The van der Waals surface area contributed by atoms with E-state index < -0.39 is 41.9 Å². The van der Waals surface area contributed by atoms with Crippen LogP contribution in [0.15, 0.2) is 24.3 Å². The van der Waals surface area contributed by atoms with Crippen molar-refractivity contribution in [2.24, 2.45) is 0 Å². The number of ether oxygens (including phenoxy) is 3. The maximum Gasteiger partial charge on any atom is 0.471 e. The van der Waals surface area contributed by atoms with Crippen molar-refractivity contribution in [1.29, 1.82) is 0 Å². The van der Waals surface area contributed by atoms with E-state index in [2.05, 4.69) is 9.47 Å². The molecule has 12 heteroatoms. The van der Waals surface area contributed by atoms with E-state index in [0.717, 1.165) is 19.2 Å². The number of nitrogens with zero attached hydrogens (tertiary/aromatic N) is 1. The summed E-state index contributed by atoms with van der Waals surface area (Å²) in [7, 11) is 1.03. The molecule has 0 heterocycles. The van der Waals surface area contributed by atoms with Gasteiger partial charge in [0, 0.05) is 7.11 Å². The lowest BCUT2D eigenvalue weighted by Gasteiger charge is -2.26. The lowest BCUT2D eigenvalue weighted by molar-refractivity contribution is -0.590. The number of nitro groups is 1. The SMILES string of the molecule is CCOC(=O)COc1cccc(C(COC)(NC(=O)C(F)(F)F)[N+](=O)[O-])c1. The van der Waals surface area contributed by atoms with Gasteiger partial charge < -0.3 is 14.2 Å². The second-order valence-electron chi connectivity index (χ2n) is 5.12. The third kappa shape index (κ3) is 5.81. The Balaban J connectivity index is 3.22. The molecule has 0 bridgehead atoms. The number of carbonyl (C=O) groups excluding carboxylic acids is 2. The molecule has 1 N–H and O–H groups in total. The van der Waals surface area contributed by atoms with Crippen LogP contribution in [0.1, 0.15) is 12.5 Å². The van der Waals surface area contributed by atoms with E-state index >= 15 is 0 Å². The van der Waals surface area contributed by atoms with Crippen LogP contribution in [0.25, 0.3) is 0 Å². The molecule has 1 rings (SSSR count). The van der Waals surface area contributed by atoms with Crippen LogP contribution in [-0.4, -0.2) is 49.9 Å². The first-order valence-electron chi connectivity index (χ1n) is 7.48. The van der Waals surface area contributed by atoms with Crippen molar-refractivity contribution < 1.29 is 41.9 Å². The number of esters is 1. The minimum atomic E-state index is -5.34. The van der Waals surface area contributed by atoms with E-state index in [4.69, 9.17) is 4.74 Å². The maximum absolute atomic E-state index is 12.6. The summed E-state index contributed by atoms with van der Waals surface area (Å²) < 4.78 is 52.3. The molecule has 0 saturated carbocycles. The molecule has 0 aliphatic rings. The van der Waals surface area contributed by atoms with Crippen LogP contribution >= 0.6 is 0 Å². The van der Waals surface area contributed by atoms with E-state index in [-0.39, 0.29) is 17.9 Å². The van der Waals surface area contributed by atoms with Crippen molar-refractivity contribution in [2.75, 3.05) is 26.9 Å². The highest BCUT2D eigenvalue weighted by molar-refractivity contribution is 5.82. The molecule has 1 aromatic carbocycles. The largest absolute Gasteiger partial charge is 0.482 e. The molecule has 1 amide bonds. The number of methoxy groups -OCH3 is 1. The number of amides is 1. The predicted molar refractivity (Wildman–Crippen MR) is 83.3 cm³/mol. The number of carbonyl (C=O) groups is 2. The summed E-state index contributed by atoms with van der Waals surface area (Å²) in [4.78, 5) is 33.1. The summed E-state index contributed by atoms with van der Waals surface area (Å²) in [6.45, 7) is 0.299. The van der Waals surface area contributed by atoms with Gasteiger partial charge in [0.2, 0.25) is 0 Å². The minimum absolute atomic E-state index is 0.0517. The van der Waals surface area contributed by atoms with E-state index in [1.54, 1.807) is 6.92 Å². The Morgan fingerprint density at radius 3 is 2.48 bits per heavy atom. The van der Waals surface area contributed by atoms with Gasteiger partial charge in [-0.15, -0.1) is 0 Å². The van der Waals surface area contributed by atoms with Gasteiger partial charge in [0.05, 0.1) is 17.1 Å². The van der Waals surface area contributed by atoms with E-state index in [1.165, 1.54) is 17.4 Å². The first-order valence-corrected chi connectivity index (χ1v) is 7.48. The molecule has 1 unspecified atom stereocenters. The summed E-state index contributed by atoms with van der Waals surface area (Å²) in [6, 6.07) is 4.72. The number of halogens is 3. The van der Waals surface area contributed by atoms with Gasteiger partial charge in [-0.2, -0.15) is 13.2 Å². The summed E-state index contributed by atoms with van der Waals surface area (Å²) in [5, 5.41) is 12.9. The van der Waals surface area contributed by atoms with Crippen molar-refractivity contribution in [3.63, 3.8) is 0 Å². The average molecular weight is 394 g/mol. The zero-order valence-electron chi connectivity index (χ0n) is 14.4. The van der Waals surface area contributed by atoms with Crippen LogP contribution in [0, 0.1) is 10.1 Å². The molecule has 0 aliphatic heterocycles. The van der Waals surface area contributed by atoms with E-state index in [0.29, 0.717) is 0 Å². The second-order valence-corrected chi connectivity index (χ2v) is 5.12. The van der Waals surface area contributed by atoms with Crippen molar-refractivity contribution in [3.8, 4) is 5.75 Å². The summed E-state index contributed by atoms with van der Waals surface area (Å²) >= 11 is 0. The van der Waals surface area contributed by atoms with Gasteiger partial charge in [-0.3, -0.25) is 20.2 Å². The zero-order chi connectivity index (χ0) is 20.7. The molecule has 0 saturated heterocycles. The third-order valence-corrected chi connectivity index (χ3v) is 3.22. The lowest BCUT2D eigenvalue weighted by Crippen LogP contribution is -2.57. The van der Waals surface area contributed by atoms with Gasteiger partial charge in [0.1, 0.15) is 12.4 Å². The van der Waals surface area contributed by atoms with E-state index in [9.17, 15) is 32.9 Å². The van der Waals surface area contributed by atoms with Crippen molar-refractivity contribution in [1.82, 2.24) is 5.32 Å². The summed E-state index contributed by atoms with van der Waals surface area (Å²) in [6.07, 6.45) is -5.34. The maximum atomic E-state index is 12.6. The molecule has 0 spiro atoms. The van der Waals surface area contributed by atoms with Gasteiger partial charge in [0.25, 0.3) is 0 Å². The van der Waals surface area contributed by atoms with E-state index in [1.807, 2.05) is 0 Å². The van der Waals surface area contributed by atoms with Gasteiger partial charge in [0.15, 0.2) is 6.61 Å². The zero-order valence-corrected chi connectivity index (χ0v) is 14.4. The van der Waals surface area contributed by atoms with Crippen LogP contribution < -0.4 is 10.1 Å². The van der Waals surface area contributed by atoms with Gasteiger partial charge in [-0.1, -0.05) is 6.07 Å². The summed E-state index contributed by atoms with van der Waals surface area (Å²) in [5.74, 6) is -3.26. The monoisotopic (exact) mass is 394 g/mol. The smallest absolute Gasteiger partial charge is 0.471 e. The molecule has 9 nitrogen and oxygen atoms in total. The third-order valence-electron chi connectivity index (χ3n) is 3.22. The average Bonchev–Trinajstić information content (AvgIpc) is 2.59. The Hall–Kier alpha value is -2.89. The molecule has 150 valence electrons. The lowest BCUT2D eigenvalue weighted by atomic mass is 10.00.